The fourth-order valence-electron chi connectivity index (χ4n) is 4.20. The molecule has 2 fully saturated rings. The zero-order chi connectivity index (χ0) is 21.8. The molecule has 2 saturated heterocycles. The van der Waals surface area contributed by atoms with Crippen molar-refractivity contribution in [3.63, 3.8) is 0 Å². The molecule has 0 spiro atoms. The van der Waals surface area contributed by atoms with Gasteiger partial charge in [-0.05, 0) is 18.9 Å². The fourth-order valence-corrected chi connectivity index (χ4v) is 4.20. The summed E-state index contributed by atoms with van der Waals surface area (Å²) >= 11 is 0. The van der Waals surface area contributed by atoms with Crippen LogP contribution in [0.2, 0.25) is 0 Å². The van der Waals surface area contributed by atoms with E-state index in [-0.39, 0.29) is 11.9 Å². The van der Waals surface area contributed by atoms with Gasteiger partial charge in [-0.1, -0.05) is 35.5 Å². The van der Waals surface area contributed by atoms with Crippen molar-refractivity contribution in [1.82, 2.24) is 20.4 Å². The summed E-state index contributed by atoms with van der Waals surface area (Å²) in [4.78, 5) is 26.3. The van der Waals surface area contributed by atoms with Crippen molar-refractivity contribution in [2.75, 3.05) is 49.2 Å². The number of piperidine rings is 1. The first-order chi connectivity index (χ1) is 15.8. The predicted molar refractivity (Wildman–Crippen MR) is 120 cm³/mol. The molecule has 166 valence electrons. The summed E-state index contributed by atoms with van der Waals surface area (Å²) in [5, 5.41) is 7.51. The van der Waals surface area contributed by atoms with Gasteiger partial charge in [0, 0.05) is 50.2 Å². The molecule has 1 aromatic carbocycles. The smallest absolute Gasteiger partial charge is 0.259 e. The number of aromatic nitrogens is 3. The van der Waals surface area contributed by atoms with Crippen LogP contribution in [0.3, 0.4) is 0 Å². The Hall–Kier alpha value is -3.46. The fraction of sp³-hybridized carbons (Fsp3) is 0.391. The van der Waals surface area contributed by atoms with E-state index >= 15 is 0 Å². The highest BCUT2D eigenvalue weighted by Gasteiger charge is 2.31. The molecule has 5 rings (SSSR count). The lowest BCUT2D eigenvalue weighted by Gasteiger charge is -2.32. The van der Waals surface area contributed by atoms with Crippen molar-refractivity contribution in [1.29, 1.82) is 0 Å². The Balaban J connectivity index is 1.34. The molecule has 2 aliphatic heterocycles. The van der Waals surface area contributed by atoms with Crippen molar-refractivity contribution in [2.45, 2.75) is 18.9 Å². The lowest BCUT2D eigenvalue weighted by atomic mass is 10.0. The maximum Gasteiger partial charge on any atom is 0.259 e. The third-order valence-corrected chi connectivity index (χ3v) is 5.91. The second kappa shape index (κ2) is 9.35. The first kappa shape index (κ1) is 20.4. The molecular weight excluding hydrogens is 408 g/mol. The van der Waals surface area contributed by atoms with Gasteiger partial charge in [0.1, 0.15) is 5.56 Å². The van der Waals surface area contributed by atoms with Crippen LogP contribution in [0.5, 0.6) is 0 Å². The molecule has 0 saturated carbocycles. The molecule has 0 unspecified atom stereocenters. The van der Waals surface area contributed by atoms with Crippen LogP contribution in [0, 0.1) is 0 Å². The molecule has 0 bridgehead atoms. The second-order valence-corrected chi connectivity index (χ2v) is 7.96. The SMILES string of the molecule is O=C(NC1CCN(c2ncccn2)CC1)c1c(N2CCOCC2)noc1-c1ccccc1. The molecule has 2 aliphatic rings. The van der Waals surface area contributed by atoms with Crippen LogP contribution in [0.1, 0.15) is 23.2 Å². The molecule has 32 heavy (non-hydrogen) atoms. The molecule has 0 aliphatic carbocycles. The van der Waals surface area contributed by atoms with Gasteiger partial charge in [0.05, 0.1) is 13.2 Å². The van der Waals surface area contributed by atoms with E-state index in [1.165, 1.54) is 0 Å². The minimum absolute atomic E-state index is 0.0681. The van der Waals surface area contributed by atoms with E-state index in [1.54, 1.807) is 12.4 Å². The van der Waals surface area contributed by atoms with Crippen molar-refractivity contribution < 1.29 is 14.1 Å². The van der Waals surface area contributed by atoms with Gasteiger partial charge in [0.2, 0.25) is 5.95 Å². The number of anilines is 2. The summed E-state index contributed by atoms with van der Waals surface area (Å²) in [6.07, 6.45) is 5.15. The van der Waals surface area contributed by atoms with Crippen molar-refractivity contribution in [2.24, 2.45) is 0 Å². The standard InChI is InChI=1S/C23H26N6O3/c30-22(26-18-7-11-29(12-8-18)23-24-9-4-10-25-23)19-20(17-5-2-1-3-6-17)32-27-21(19)28-13-15-31-16-14-28/h1-6,9-10,18H,7-8,11-16H2,(H,26,30). The average molecular weight is 435 g/mol. The van der Waals surface area contributed by atoms with Crippen molar-refractivity contribution in [3.05, 3.63) is 54.4 Å². The van der Waals surface area contributed by atoms with Crippen LogP contribution < -0.4 is 15.1 Å². The predicted octanol–water partition coefficient (Wildman–Crippen LogP) is 2.37. The number of nitrogens with one attached hydrogen (secondary N) is 1. The topological polar surface area (TPSA) is 96.6 Å². The van der Waals surface area contributed by atoms with Crippen LogP contribution in [0.4, 0.5) is 11.8 Å². The first-order valence-corrected chi connectivity index (χ1v) is 11.0. The van der Waals surface area contributed by atoms with Gasteiger partial charge in [-0.2, -0.15) is 0 Å². The first-order valence-electron chi connectivity index (χ1n) is 11.0. The Morgan fingerprint density at radius 1 is 0.938 bits per heavy atom. The van der Waals surface area contributed by atoms with Gasteiger partial charge < -0.3 is 24.4 Å². The Morgan fingerprint density at radius 3 is 2.38 bits per heavy atom. The minimum atomic E-state index is -0.152. The van der Waals surface area contributed by atoms with Crippen molar-refractivity contribution >= 4 is 17.7 Å². The molecular formula is C23H26N6O3. The quantitative estimate of drug-likeness (QED) is 0.654. The third-order valence-electron chi connectivity index (χ3n) is 5.91. The van der Waals surface area contributed by atoms with Crippen LogP contribution >= 0.6 is 0 Å². The summed E-state index contributed by atoms with van der Waals surface area (Å²) in [6.45, 7) is 4.15. The molecule has 3 aromatic rings. The maximum atomic E-state index is 13.5. The number of nitrogens with zero attached hydrogens (tertiary/aromatic N) is 5. The van der Waals surface area contributed by atoms with Crippen molar-refractivity contribution in [3.8, 4) is 11.3 Å². The van der Waals surface area contributed by atoms with Crippen LogP contribution in [-0.2, 0) is 4.74 Å². The Kier molecular flexibility index (Phi) is 5.98. The molecule has 0 atom stereocenters. The molecule has 2 aromatic heterocycles. The van der Waals surface area contributed by atoms with Gasteiger partial charge in [-0.25, -0.2) is 9.97 Å². The number of benzene rings is 1. The van der Waals surface area contributed by atoms with Crippen LogP contribution in [0.15, 0.2) is 53.3 Å². The van der Waals surface area contributed by atoms with E-state index < -0.39 is 0 Å². The molecule has 0 radical (unpaired) electrons. The maximum absolute atomic E-state index is 13.5. The highest BCUT2D eigenvalue weighted by Crippen LogP contribution is 2.32. The number of rotatable bonds is 5. The van der Waals surface area contributed by atoms with E-state index in [0.29, 0.717) is 43.4 Å². The number of carbonyl (C=O) groups is 1. The Morgan fingerprint density at radius 2 is 1.66 bits per heavy atom. The van der Waals surface area contributed by atoms with Crippen LogP contribution in [-0.4, -0.2) is 66.5 Å². The molecule has 9 nitrogen and oxygen atoms in total. The number of amides is 1. The summed E-state index contributed by atoms with van der Waals surface area (Å²) in [5.74, 6) is 1.66. The highest BCUT2D eigenvalue weighted by atomic mass is 16.5. The Labute approximate surface area is 186 Å². The number of morpholine rings is 1. The van der Waals surface area contributed by atoms with E-state index in [1.807, 2.05) is 36.4 Å². The zero-order valence-corrected chi connectivity index (χ0v) is 17.8. The lowest BCUT2D eigenvalue weighted by Crippen LogP contribution is -2.45. The average Bonchev–Trinajstić information content (AvgIpc) is 3.32. The monoisotopic (exact) mass is 434 g/mol. The van der Waals surface area contributed by atoms with Gasteiger partial charge in [0.15, 0.2) is 11.6 Å². The summed E-state index contributed by atoms with van der Waals surface area (Å²) in [5.41, 5.74) is 1.33. The number of carbonyl (C=O) groups excluding carboxylic acids is 1. The molecule has 9 heteroatoms. The second-order valence-electron chi connectivity index (χ2n) is 7.96. The van der Waals surface area contributed by atoms with E-state index in [2.05, 4.69) is 30.2 Å². The Bertz CT molecular complexity index is 1030. The molecule has 1 amide bonds. The largest absolute Gasteiger partial charge is 0.378 e. The van der Waals surface area contributed by atoms with Gasteiger partial charge >= 0.3 is 0 Å². The minimum Gasteiger partial charge on any atom is -0.378 e. The third kappa shape index (κ3) is 4.29. The number of hydrogen-bond acceptors (Lipinski definition) is 8. The van der Waals surface area contributed by atoms with Gasteiger partial charge in [-0.15, -0.1) is 0 Å². The summed E-state index contributed by atoms with van der Waals surface area (Å²) in [7, 11) is 0. The van der Waals surface area contributed by atoms with E-state index in [4.69, 9.17) is 9.26 Å². The number of hydrogen-bond donors (Lipinski definition) is 1. The number of ether oxygens (including phenoxy) is 1. The van der Waals surface area contributed by atoms with E-state index in [9.17, 15) is 4.79 Å². The van der Waals surface area contributed by atoms with E-state index in [0.717, 1.165) is 37.4 Å². The van der Waals surface area contributed by atoms with Gasteiger partial charge in [-0.3, -0.25) is 4.79 Å². The summed E-state index contributed by atoms with van der Waals surface area (Å²) in [6, 6.07) is 11.5. The van der Waals surface area contributed by atoms with Crippen LogP contribution in [0.25, 0.3) is 11.3 Å². The highest BCUT2D eigenvalue weighted by molar-refractivity contribution is 6.04. The zero-order valence-electron chi connectivity index (χ0n) is 17.8. The normalized spacial score (nSPS) is 17.4. The molecule has 1 N–H and O–H groups in total. The lowest BCUT2D eigenvalue weighted by molar-refractivity contribution is 0.0930. The summed E-state index contributed by atoms with van der Waals surface area (Å²) < 4.78 is 11.2. The van der Waals surface area contributed by atoms with Gasteiger partial charge in [0.25, 0.3) is 5.91 Å². The molecule has 4 heterocycles.